The summed E-state index contributed by atoms with van der Waals surface area (Å²) >= 11 is 0. The lowest BCUT2D eigenvalue weighted by Gasteiger charge is -2.35. The highest BCUT2D eigenvalue weighted by Crippen LogP contribution is 2.36. The predicted molar refractivity (Wildman–Crippen MR) is 134 cm³/mol. The zero-order valence-electron chi connectivity index (χ0n) is 20.5. The third kappa shape index (κ3) is 5.07. The summed E-state index contributed by atoms with van der Waals surface area (Å²) < 4.78 is 0. The van der Waals surface area contributed by atoms with Crippen LogP contribution in [0.4, 0.5) is 5.69 Å². The first-order valence-electron chi connectivity index (χ1n) is 12.3. The number of likely N-dealkylation sites (tertiary alicyclic amines) is 1. The lowest BCUT2D eigenvalue weighted by Crippen LogP contribution is -2.41. The van der Waals surface area contributed by atoms with Gasteiger partial charge in [0.15, 0.2) is 0 Å². The van der Waals surface area contributed by atoms with Crippen LogP contribution in [0.25, 0.3) is 11.1 Å². The third-order valence-electron chi connectivity index (χ3n) is 7.42. The summed E-state index contributed by atoms with van der Waals surface area (Å²) in [7, 11) is 4.39. The van der Waals surface area contributed by atoms with E-state index in [4.69, 9.17) is 0 Å². The Morgan fingerprint density at radius 3 is 2.19 bits per heavy atom. The van der Waals surface area contributed by atoms with Gasteiger partial charge in [0.05, 0.1) is 0 Å². The van der Waals surface area contributed by atoms with Crippen LogP contribution in [0.2, 0.25) is 0 Å². The fourth-order valence-electron chi connectivity index (χ4n) is 4.94. The van der Waals surface area contributed by atoms with Crippen molar-refractivity contribution in [2.45, 2.75) is 59.0 Å². The Kier molecular flexibility index (Phi) is 7.02. The average Bonchev–Trinajstić information content (AvgIpc) is 3.63. The van der Waals surface area contributed by atoms with E-state index in [0.29, 0.717) is 5.91 Å². The number of anilines is 1. The van der Waals surface area contributed by atoms with Gasteiger partial charge in [-0.25, -0.2) is 0 Å². The zero-order chi connectivity index (χ0) is 22.8. The van der Waals surface area contributed by atoms with Gasteiger partial charge >= 0.3 is 0 Å². The molecule has 0 spiro atoms. The van der Waals surface area contributed by atoms with Gasteiger partial charge in [-0.15, -0.1) is 0 Å². The summed E-state index contributed by atoms with van der Waals surface area (Å²) in [5, 5.41) is 0. The second-order valence-corrected chi connectivity index (χ2v) is 9.96. The zero-order valence-corrected chi connectivity index (χ0v) is 20.5. The molecule has 0 atom stereocenters. The minimum Gasteiger partial charge on any atom is -0.312 e. The van der Waals surface area contributed by atoms with Crippen molar-refractivity contribution in [2.75, 3.05) is 38.6 Å². The van der Waals surface area contributed by atoms with Crippen molar-refractivity contribution in [3.8, 4) is 11.1 Å². The van der Waals surface area contributed by atoms with Gasteiger partial charge in [0.2, 0.25) is 5.91 Å². The van der Waals surface area contributed by atoms with Crippen LogP contribution in [0.3, 0.4) is 0 Å². The molecular weight excluding hydrogens is 394 g/mol. The SMILES string of the molecule is CCN(C(=O)C1CC1)c1cc(-c2ccc(CN3CCC(N(C)C)CC3)cc2)cc(C)c1C. The normalized spacial score (nSPS) is 17.7. The maximum absolute atomic E-state index is 12.9. The molecule has 0 aromatic heterocycles. The standard InChI is InChI=1S/C28H39N3O/c1-6-31(28(32)24-11-12-24)27-18-25(17-20(2)21(27)3)23-9-7-22(8-10-23)19-30-15-13-26(14-16-30)29(4)5/h7-10,17-18,24,26H,6,11-16,19H2,1-5H3. The quantitative estimate of drug-likeness (QED) is 0.596. The molecule has 0 N–H and O–H groups in total. The van der Waals surface area contributed by atoms with E-state index >= 15 is 0 Å². The number of hydrogen-bond acceptors (Lipinski definition) is 3. The predicted octanol–water partition coefficient (Wildman–Crippen LogP) is 5.26. The van der Waals surface area contributed by atoms with E-state index in [1.165, 1.54) is 53.7 Å². The fourth-order valence-corrected chi connectivity index (χ4v) is 4.94. The van der Waals surface area contributed by atoms with Crippen LogP contribution in [0.5, 0.6) is 0 Å². The van der Waals surface area contributed by atoms with Gasteiger partial charge in [-0.05, 0) is 108 Å². The molecule has 1 aliphatic carbocycles. The molecule has 1 heterocycles. The Morgan fingerprint density at radius 1 is 0.969 bits per heavy atom. The van der Waals surface area contributed by atoms with Crippen molar-refractivity contribution >= 4 is 11.6 Å². The number of amides is 1. The van der Waals surface area contributed by atoms with Crippen molar-refractivity contribution in [3.05, 3.63) is 53.1 Å². The van der Waals surface area contributed by atoms with Crippen molar-refractivity contribution < 1.29 is 4.79 Å². The lowest BCUT2D eigenvalue weighted by atomic mass is 9.97. The van der Waals surface area contributed by atoms with Crippen LogP contribution in [0.1, 0.15) is 49.3 Å². The highest BCUT2D eigenvalue weighted by Gasteiger charge is 2.34. The summed E-state index contributed by atoms with van der Waals surface area (Å²) in [6.45, 7) is 10.5. The molecule has 4 nitrogen and oxygen atoms in total. The van der Waals surface area contributed by atoms with Crippen LogP contribution < -0.4 is 4.90 Å². The van der Waals surface area contributed by atoms with E-state index in [2.05, 4.69) is 81.1 Å². The van der Waals surface area contributed by atoms with E-state index < -0.39 is 0 Å². The Morgan fingerprint density at radius 2 is 1.62 bits per heavy atom. The molecule has 0 unspecified atom stereocenters. The summed E-state index contributed by atoms with van der Waals surface area (Å²) in [5.74, 6) is 0.529. The van der Waals surface area contributed by atoms with E-state index in [9.17, 15) is 4.79 Å². The first-order valence-corrected chi connectivity index (χ1v) is 12.3. The van der Waals surface area contributed by atoms with E-state index in [-0.39, 0.29) is 5.92 Å². The molecule has 32 heavy (non-hydrogen) atoms. The smallest absolute Gasteiger partial charge is 0.230 e. The Balaban J connectivity index is 1.49. The van der Waals surface area contributed by atoms with Crippen LogP contribution in [0.15, 0.2) is 36.4 Å². The van der Waals surface area contributed by atoms with Gasteiger partial charge in [-0.3, -0.25) is 9.69 Å². The van der Waals surface area contributed by atoms with Gasteiger partial charge in [0, 0.05) is 30.7 Å². The number of rotatable bonds is 7. The molecule has 1 saturated carbocycles. The second kappa shape index (κ2) is 9.76. The van der Waals surface area contributed by atoms with Gasteiger partial charge in [0.25, 0.3) is 0 Å². The fraction of sp³-hybridized carbons (Fsp3) is 0.536. The van der Waals surface area contributed by atoms with Gasteiger partial charge < -0.3 is 9.80 Å². The number of carbonyl (C=O) groups excluding carboxylic acids is 1. The molecule has 1 aliphatic heterocycles. The second-order valence-electron chi connectivity index (χ2n) is 9.96. The van der Waals surface area contributed by atoms with Crippen LogP contribution in [-0.2, 0) is 11.3 Å². The summed E-state index contributed by atoms with van der Waals surface area (Å²) in [6.07, 6.45) is 4.59. The van der Waals surface area contributed by atoms with E-state index in [0.717, 1.165) is 37.7 Å². The van der Waals surface area contributed by atoms with E-state index in [1.807, 2.05) is 4.90 Å². The number of nitrogens with zero attached hydrogens (tertiary/aromatic N) is 3. The molecule has 1 saturated heterocycles. The van der Waals surface area contributed by atoms with Gasteiger partial charge in [0.1, 0.15) is 0 Å². The van der Waals surface area contributed by atoms with Crippen molar-refractivity contribution in [3.63, 3.8) is 0 Å². The van der Waals surface area contributed by atoms with Gasteiger partial charge in [-0.1, -0.05) is 30.3 Å². The molecule has 2 fully saturated rings. The molecule has 0 bridgehead atoms. The van der Waals surface area contributed by atoms with Crippen molar-refractivity contribution in [1.82, 2.24) is 9.80 Å². The highest BCUT2D eigenvalue weighted by molar-refractivity contribution is 5.98. The molecule has 4 rings (SSSR count). The molecule has 2 aliphatic rings. The third-order valence-corrected chi connectivity index (χ3v) is 7.42. The summed E-state index contributed by atoms with van der Waals surface area (Å²) in [5.41, 5.74) is 7.32. The summed E-state index contributed by atoms with van der Waals surface area (Å²) in [4.78, 5) is 19.8. The lowest BCUT2D eigenvalue weighted by molar-refractivity contribution is -0.119. The minimum atomic E-state index is 0.236. The largest absolute Gasteiger partial charge is 0.312 e. The molecule has 4 heteroatoms. The number of carbonyl (C=O) groups is 1. The highest BCUT2D eigenvalue weighted by atomic mass is 16.2. The number of aryl methyl sites for hydroxylation is 1. The number of benzene rings is 2. The summed E-state index contributed by atoms with van der Waals surface area (Å²) in [6, 6.07) is 14.2. The topological polar surface area (TPSA) is 26.8 Å². The van der Waals surface area contributed by atoms with Gasteiger partial charge in [-0.2, -0.15) is 0 Å². The van der Waals surface area contributed by atoms with E-state index in [1.54, 1.807) is 0 Å². The van der Waals surface area contributed by atoms with Crippen LogP contribution in [0, 0.1) is 19.8 Å². The van der Waals surface area contributed by atoms with Crippen molar-refractivity contribution in [2.24, 2.45) is 5.92 Å². The molecular formula is C28H39N3O. The molecule has 2 aromatic rings. The first-order chi connectivity index (χ1) is 15.4. The Bertz CT molecular complexity index is 938. The van der Waals surface area contributed by atoms with Crippen LogP contribution >= 0.6 is 0 Å². The van der Waals surface area contributed by atoms with Crippen molar-refractivity contribution in [1.29, 1.82) is 0 Å². The number of hydrogen-bond donors (Lipinski definition) is 0. The first kappa shape index (κ1) is 23.0. The minimum absolute atomic E-state index is 0.236. The monoisotopic (exact) mass is 433 g/mol. The average molecular weight is 434 g/mol. The maximum Gasteiger partial charge on any atom is 0.230 e. The Hall–Kier alpha value is -2.17. The molecule has 1 amide bonds. The molecule has 0 radical (unpaired) electrons. The molecule has 2 aromatic carbocycles. The Labute approximate surface area is 194 Å². The maximum atomic E-state index is 12.9. The number of piperidine rings is 1. The molecule has 172 valence electrons. The van der Waals surface area contributed by atoms with Crippen LogP contribution in [-0.4, -0.2) is 55.5 Å².